The Morgan fingerprint density at radius 2 is 2.35 bits per heavy atom. The lowest BCUT2D eigenvalue weighted by atomic mass is 9.95. The molecule has 1 fully saturated rings. The zero-order valence-electron chi connectivity index (χ0n) is 12.0. The Balaban J connectivity index is 2.01. The van der Waals surface area contributed by atoms with Crippen molar-refractivity contribution in [1.29, 1.82) is 5.26 Å². The third-order valence-corrected chi connectivity index (χ3v) is 3.93. The summed E-state index contributed by atoms with van der Waals surface area (Å²) in [7, 11) is 1.58. The summed E-state index contributed by atoms with van der Waals surface area (Å²) in [5.41, 5.74) is 1.74. The highest BCUT2D eigenvalue weighted by Crippen LogP contribution is 2.23. The van der Waals surface area contributed by atoms with Gasteiger partial charge in [0.15, 0.2) is 0 Å². The van der Waals surface area contributed by atoms with Crippen molar-refractivity contribution in [2.45, 2.75) is 25.8 Å². The zero-order valence-corrected chi connectivity index (χ0v) is 12.0. The lowest BCUT2D eigenvalue weighted by molar-refractivity contribution is 0.142. The molecule has 0 aromatic heterocycles. The molecular weight excluding hydrogens is 252 g/mol. The predicted octanol–water partition coefficient (Wildman–Crippen LogP) is 2.16. The average molecular weight is 274 g/mol. The summed E-state index contributed by atoms with van der Waals surface area (Å²) >= 11 is 0. The summed E-state index contributed by atoms with van der Waals surface area (Å²) in [5, 5.41) is 18.2. The van der Waals surface area contributed by atoms with Crippen molar-refractivity contribution in [3.8, 4) is 11.8 Å². The lowest BCUT2D eigenvalue weighted by Crippen LogP contribution is -2.35. The van der Waals surface area contributed by atoms with Crippen molar-refractivity contribution >= 4 is 0 Å². The first kappa shape index (κ1) is 14.8. The van der Waals surface area contributed by atoms with Crippen molar-refractivity contribution in [3.05, 3.63) is 29.3 Å². The van der Waals surface area contributed by atoms with Gasteiger partial charge in [-0.1, -0.05) is 6.07 Å². The van der Waals surface area contributed by atoms with Gasteiger partial charge < -0.3 is 9.84 Å². The Kier molecular flexibility index (Phi) is 5.40. The summed E-state index contributed by atoms with van der Waals surface area (Å²) in [6.45, 7) is 3.27. The average Bonchev–Trinajstić information content (AvgIpc) is 2.48. The molecule has 0 bridgehead atoms. The molecule has 2 rings (SSSR count). The van der Waals surface area contributed by atoms with E-state index in [0.29, 0.717) is 17.2 Å². The molecule has 1 saturated heterocycles. The number of hydrogen-bond acceptors (Lipinski definition) is 4. The Bertz CT molecular complexity index is 480. The second-order valence-corrected chi connectivity index (χ2v) is 5.40. The molecule has 1 heterocycles. The van der Waals surface area contributed by atoms with Gasteiger partial charge in [-0.3, -0.25) is 4.90 Å². The van der Waals surface area contributed by atoms with Gasteiger partial charge in [-0.15, -0.1) is 0 Å². The molecule has 1 aromatic rings. The lowest BCUT2D eigenvalue weighted by Gasteiger charge is -2.32. The number of benzene rings is 1. The first-order valence-electron chi connectivity index (χ1n) is 7.17. The number of aliphatic hydroxyl groups excluding tert-OH is 1. The van der Waals surface area contributed by atoms with E-state index in [0.717, 1.165) is 31.6 Å². The minimum absolute atomic E-state index is 0.277. The van der Waals surface area contributed by atoms with Crippen LogP contribution in [-0.2, 0) is 6.54 Å². The molecule has 1 aromatic carbocycles. The van der Waals surface area contributed by atoms with Crippen LogP contribution in [0.2, 0.25) is 0 Å². The van der Waals surface area contributed by atoms with Gasteiger partial charge in [0.05, 0.1) is 12.7 Å². The number of rotatable bonds is 5. The van der Waals surface area contributed by atoms with Gasteiger partial charge >= 0.3 is 0 Å². The molecule has 20 heavy (non-hydrogen) atoms. The number of ether oxygens (including phenoxy) is 1. The van der Waals surface area contributed by atoms with Crippen LogP contribution in [0.3, 0.4) is 0 Å². The molecular formula is C16H22N2O2. The van der Waals surface area contributed by atoms with Gasteiger partial charge in [-0.2, -0.15) is 5.26 Å². The fourth-order valence-electron chi connectivity index (χ4n) is 2.91. The maximum Gasteiger partial charge on any atom is 0.136 e. The Morgan fingerprint density at radius 3 is 3.05 bits per heavy atom. The molecule has 0 amide bonds. The van der Waals surface area contributed by atoms with E-state index < -0.39 is 0 Å². The highest BCUT2D eigenvalue weighted by molar-refractivity contribution is 5.45. The monoisotopic (exact) mass is 274 g/mol. The van der Waals surface area contributed by atoms with Crippen LogP contribution in [0.5, 0.6) is 5.75 Å². The van der Waals surface area contributed by atoms with E-state index in [1.54, 1.807) is 7.11 Å². The van der Waals surface area contributed by atoms with E-state index in [-0.39, 0.29) is 6.61 Å². The van der Waals surface area contributed by atoms with Crippen molar-refractivity contribution in [3.63, 3.8) is 0 Å². The molecule has 4 heteroatoms. The minimum Gasteiger partial charge on any atom is -0.495 e. The van der Waals surface area contributed by atoms with Gasteiger partial charge in [0.2, 0.25) is 0 Å². The van der Waals surface area contributed by atoms with Crippen LogP contribution in [0.4, 0.5) is 0 Å². The number of methoxy groups -OCH3 is 1. The predicted molar refractivity (Wildman–Crippen MR) is 77.4 cm³/mol. The molecule has 1 unspecified atom stereocenters. The highest BCUT2D eigenvalue weighted by Gasteiger charge is 2.19. The van der Waals surface area contributed by atoms with Crippen LogP contribution < -0.4 is 4.74 Å². The van der Waals surface area contributed by atoms with Crippen LogP contribution in [0.1, 0.15) is 30.4 Å². The van der Waals surface area contributed by atoms with Crippen LogP contribution in [0.25, 0.3) is 0 Å². The molecule has 1 aliphatic heterocycles. The smallest absolute Gasteiger partial charge is 0.136 e. The van der Waals surface area contributed by atoms with Crippen LogP contribution in [0.15, 0.2) is 18.2 Å². The van der Waals surface area contributed by atoms with Crippen LogP contribution in [0, 0.1) is 17.2 Å². The number of likely N-dealkylation sites (tertiary alicyclic amines) is 1. The Morgan fingerprint density at radius 1 is 1.50 bits per heavy atom. The van der Waals surface area contributed by atoms with Gasteiger partial charge in [0.25, 0.3) is 0 Å². The SMILES string of the molecule is COc1ccc(CN2CCCC(CCO)C2)cc1C#N. The maximum atomic E-state index is 9.12. The highest BCUT2D eigenvalue weighted by atomic mass is 16.5. The standard InChI is InChI=1S/C16H22N2O2/c1-20-16-5-4-14(9-15(16)10-17)12-18-7-2-3-13(11-18)6-8-19/h4-5,9,13,19H,2-3,6-8,11-12H2,1H3. The van der Waals surface area contributed by atoms with Gasteiger partial charge in [0, 0.05) is 19.7 Å². The summed E-state index contributed by atoms with van der Waals surface area (Å²) in [4.78, 5) is 2.41. The van der Waals surface area contributed by atoms with Gasteiger partial charge in [0.1, 0.15) is 11.8 Å². The molecule has 1 aliphatic rings. The molecule has 0 radical (unpaired) electrons. The van der Waals surface area contributed by atoms with E-state index in [9.17, 15) is 0 Å². The molecule has 0 aliphatic carbocycles. The van der Waals surface area contributed by atoms with Crippen LogP contribution >= 0.6 is 0 Å². The summed E-state index contributed by atoms with van der Waals surface area (Å²) in [5.74, 6) is 1.23. The molecule has 1 atom stereocenters. The second kappa shape index (κ2) is 7.28. The van der Waals surface area contributed by atoms with E-state index in [1.165, 1.54) is 12.8 Å². The summed E-state index contributed by atoms with van der Waals surface area (Å²) < 4.78 is 5.17. The third kappa shape index (κ3) is 3.72. The Labute approximate surface area is 120 Å². The minimum atomic E-state index is 0.277. The quantitative estimate of drug-likeness (QED) is 0.894. The molecule has 108 valence electrons. The first-order valence-corrected chi connectivity index (χ1v) is 7.17. The summed E-state index contributed by atoms with van der Waals surface area (Å²) in [6.07, 6.45) is 3.29. The number of nitrogens with zero attached hydrogens (tertiary/aromatic N) is 2. The number of aliphatic hydroxyl groups is 1. The van der Waals surface area contributed by atoms with Crippen molar-refractivity contribution in [2.24, 2.45) is 5.92 Å². The van der Waals surface area contributed by atoms with Gasteiger partial charge in [-0.05, 0) is 49.4 Å². The zero-order chi connectivity index (χ0) is 14.4. The number of piperidine rings is 1. The fraction of sp³-hybridized carbons (Fsp3) is 0.562. The van der Waals surface area contributed by atoms with Gasteiger partial charge in [-0.25, -0.2) is 0 Å². The second-order valence-electron chi connectivity index (χ2n) is 5.40. The Hall–Kier alpha value is -1.57. The molecule has 0 saturated carbocycles. The number of hydrogen-bond donors (Lipinski definition) is 1. The van der Waals surface area contributed by atoms with Crippen molar-refractivity contribution < 1.29 is 9.84 Å². The molecule has 1 N–H and O–H groups in total. The number of nitriles is 1. The van der Waals surface area contributed by atoms with E-state index in [4.69, 9.17) is 15.1 Å². The van der Waals surface area contributed by atoms with E-state index in [2.05, 4.69) is 11.0 Å². The topological polar surface area (TPSA) is 56.5 Å². The van der Waals surface area contributed by atoms with E-state index in [1.807, 2.05) is 18.2 Å². The normalized spacial score (nSPS) is 19.6. The van der Waals surface area contributed by atoms with Crippen molar-refractivity contribution in [2.75, 3.05) is 26.8 Å². The molecule has 0 spiro atoms. The molecule has 4 nitrogen and oxygen atoms in total. The van der Waals surface area contributed by atoms with E-state index >= 15 is 0 Å². The largest absolute Gasteiger partial charge is 0.495 e. The first-order chi connectivity index (χ1) is 9.76. The summed E-state index contributed by atoms with van der Waals surface area (Å²) in [6, 6.07) is 7.98. The third-order valence-electron chi connectivity index (χ3n) is 3.93. The van der Waals surface area contributed by atoms with Crippen molar-refractivity contribution in [1.82, 2.24) is 4.90 Å². The van der Waals surface area contributed by atoms with Crippen LogP contribution in [-0.4, -0.2) is 36.8 Å². The fourth-order valence-corrected chi connectivity index (χ4v) is 2.91. The maximum absolute atomic E-state index is 9.12.